The third kappa shape index (κ3) is 2.82. The molecule has 0 saturated carbocycles. The Hall–Kier alpha value is -2.15. The van der Waals surface area contributed by atoms with E-state index in [4.69, 9.17) is 5.73 Å². The van der Waals surface area contributed by atoms with Crippen LogP contribution in [0.1, 0.15) is 0 Å². The summed E-state index contributed by atoms with van der Waals surface area (Å²) in [5, 5.41) is 0. The van der Waals surface area contributed by atoms with Gasteiger partial charge in [0.15, 0.2) is 0 Å². The van der Waals surface area contributed by atoms with Gasteiger partial charge < -0.3 is 5.73 Å². The van der Waals surface area contributed by atoms with Crippen LogP contribution in [0, 0.1) is 11.6 Å². The lowest BCUT2D eigenvalue weighted by molar-refractivity contribution is 0.583. The minimum atomic E-state index is -4.02. The third-order valence-electron chi connectivity index (χ3n) is 2.38. The lowest BCUT2D eigenvalue weighted by Crippen LogP contribution is -2.15. The fourth-order valence-corrected chi connectivity index (χ4v) is 2.70. The molecule has 0 bridgehead atoms. The standard InChI is InChI=1S/C12H10F2N2O2S/c13-8-5-6-11(9(14)7-8)16-19(17,18)12-4-2-1-3-10(12)15/h1-7,16H,15H2. The second-order valence-corrected chi connectivity index (χ2v) is 5.42. The van der Waals surface area contributed by atoms with Crippen molar-refractivity contribution in [2.45, 2.75) is 4.90 Å². The quantitative estimate of drug-likeness (QED) is 0.850. The first kappa shape index (κ1) is 13.3. The number of rotatable bonds is 3. The number of sulfonamides is 1. The maximum Gasteiger partial charge on any atom is 0.264 e. The smallest absolute Gasteiger partial charge is 0.264 e. The fraction of sp³-hybridized carbons (Fsp3) is 0. The molecule has 7 heteroatoms. The molecule has 0 saturated heterocycles. The highest BCUT2D eigenvalue weighted by molar-refractivity contribution is 7.92. The summed E-state index contributed by atoms with van der Waals surface area (Å²) in [7, 11) is -4.02. The fourth-order valence-electron chi connectivity index (χ4n) is 1.50. The van der Waals surface area contributed by atoms with Crippen molar-refractivity contribution in [1.29, 1.82) is 0 Å². The Morgan fingerprint density at radius 3 is 2.37 bits per heavy atom. The largest absolute Gasteiger partial charge is 0.398 e. The van der Waals surface area contributed by atoms with Crippen molar-refractivity contribution in [3.05, 3.63) is 54.1 Å². The van der Waals surface area contributed by atoms with Crippen LogP contribution >= 0.6 is 0 Å². The average molecular weight is 284 g/mol. The number of hydrogen-bond acceptors (Lipinski definition) is 3. The first-order chi connectivity index (χ1) is 8.90. The molecule has 0 unspecified atom stereocenters. The third-order valence-corrected chi connectivity index (χ3v) is 3.82. The van der Waals surface area contributed by atoms with Crippen molar-refractivity contribution >= 4 is 21.4 Å². The van der Waals surface area contributed by atoms with E-state index >= 15 is 0 Å². The van der Waals surface area contributed by atoms with E-state index in [0.29, 0.717) is 6.07 Å². The maximum absolute atomic E-state index is 13.4. The van der Waals surface area contributed by atoms with E-state index < -0.39 is 21.7 Å². The molecular formula is C12H10F2N2O2S. The second kappa shape index (κ2) is 4.85. The Morgan fingerprint density at radius 2 is 1.74 bits per heavy atom. The number of para-hydroxylation sites is 1. The van der Waals surface area contributed by atoms with Gasteiger partial charge >= 0.3 is 0 Å². The highest BCUT2D eigenvalue weighted by Crippen LogP contribution is 2.23. The summed E-state index contributed by atoms with van der Waals surface area (Å²) in [6, 6.07) is 8.32. The van der Waals surface area contributed by atoms with Crippen molar-refractivity contribution in [2.24, 2.45) is 0 Å². The lowest BCUT2D eigenvalue weighted by Gasteiger charge is -2.10. The molecule has 4 nitrogen and oxygen atoms in total. The molecule has 100 valence electrons. The zero-order valence-corrected chi connectivity index (χ0v) is 10.4. The van der Waals surface area contributed by atoms with Crippen molar-refractivity contribution in [3.8, 4) is 0 Å². The number of nitrogen functional groups attached to an aromatic ring is 1. The zero-order chi connectivity index (χ0) is 14.0. The Morgan fingerprint density at radius 1 is 1.05 bits per heavy atom. The van der Waals surface area contributed by atoms with Gasteiger partial charge in [0.25, 0.3) is 10.0 Å². The number of nitrogens with two attached hydrogens (primary N) is 1. The number of halogens is 2. The first-order valence-electron chi connectivity index (χ1n) is 5.22. The van der Waals surface area contributed by atoms with E-state index in [2.05, 4.69) is 0 Å². The molecule has 0 spiro atoms. The Labute approximate surface area is 108 Å². The normalized spacial score (nSPS) is 11.3. The van der Waals surface area contributed by atoms with E-state index in [1.54, 1.807) is 6.07 Å². The average Bonchev–Trinajstić information content (AvgIpc) is 2.33. The van der Waals surface area contributed by atoms with Gasteiger partial charge in [0.2, 0.25) is 0 Å². The molecule has 2 rings (SSSR count). The van der Waals surface area contributed by atoms with Crippen LogP contribution in [0.15, 0.2) is 47.4 Å². The van der Waals surface area contributed by atoms with Gasteiger partial charge in [-0.3, -0.25) is 4.72 Å². The molecule has 0 atom stereocenters. The van der Waals surface area contributed by atoms with Gasteiger partial charge in [0, 0.05) is 6.07 Å². The van der Waals surface area contributed by atoms with Gasteiger partial charge in [-0.1, -0.05) is 12.1 Å². The summed E-state index contributed by atoms with van der Waals surface area (Å²) in [6.45, 7) is 0. The summed E-state index contributed by atoms with van der Waals surface area (Å²) < 4.78 is 52.2. The Balaban J connectivity index is 2.40. The molecule has 0 aliphatic carbocycles. The predicted octanol–water partition coefficient (Wildman–Crippen LogP) is 2.35. The molecule has 0 heterocycles. The summed E-state index contributed by atoms with van der Waals surface area (Å²) in [4.78, 5) is -0.168. The lowest BCUT2D eigenvalue weighted by atomic mass is 10.3. The van der Waals surface area contributed by atoms with Gasteiger partial charge in [-0.25, -0.2) is 17.2 Å². The first-order valence-corrected chi connectivity index (χ1v) is 6.71. The number of anilines is 2. The van der Waals surface area contributed by atoms with Crippen LogP contribution < -0.4 is 10.5 Å². The molecule has 0 fully saturated rings. The molecule has 0 aromatic heterocycles. The van der Waals surface area contributed by atoms with Crippen molar-refractivity contribution < 1.29 is 17.2 Å². The number of benzene rings is 2. The summed E-state index contributed by atoms with van der Waals surface area (Å²) in [6.07, 6.45) is 0. The molecule has 0 radical (unpaired) electrons. The number of hydrogen-bond donors (Lipinski definition) is 2. The van der Waals surface area contributed by atoms with Crippen molar-refractivity contribution in [1.82, 2.24) is 0 Å². The van der Waals surface area contributed by atoms with Crippen LogP contribution in [0.5, 0.6) is 0 Å². The number of nitrogens with one attached hydrogen (secondary N) is 1. The zero-order valence-electron chi connectivity index (χ0n) is 9.60. The predicted molar refractivity (Wildman–Crippen MR) is 68.0 cm³/mol. The van der Waals surface area contributed by atoms with E-state index in [0.717, 1.165) is 12.1 Å². The summed E-state index contributed by atoms with van der Waals surface area (Å²) in [5.74, 6) is -1.79. The molecule has 2 aromatic rings. The van der Waals surface area contributed by atoms with Crippen LogP contribution in [0.3, 0.4) is 0 Å². The van der Waals surface area contributed by atoms with Crippen LogP contribution in [0.2, 0.25) is 0 Å². The molecule has 2 aromatic carbocycles. The highest BCUT2D eigenvalue weighted by Gasteiger charge is 2.18. The van der Waals surface area contributed by atoms with Gasteiger partial charge in [-0.2, -0.15) is 0 Å². The Bertz CT molecular complexity index is 717. The van der Waals surface area contributed by atoms with Crippen LogP contribution in [0.4, 0.5) is 20.2 Å². The second-order valence-electron chi connectivity index (χ2n) is 3.77. The van der Waals surface area contributed by atoms with Gasteiger partial charge in [0.1, 0.15) is 16.5 Å². The highest BCUT2D eigenvalue weighted by atomic mass is 32.2. The summed E-state index contributed by atoms with van der Waals surface area (Å²) in [5.41, 5.74) is 5.25. The van der Waals surface area contributed by atoms with E-state index in [1.807, 2.05) is 4.72 Å². The minimum Gasteiger partial charge on any atom is -0.398 e. The van der Waals surface area contributed by atoms with Gasteiger partial charge in [-0.15, -0.1) is 0 Å². The monoisotopic (exact) mass is 284 g/mol. The van der Waals surface area contributed by atoms with E-state index in [-0.39, 0.29) is 16.3 Å². The van der Waals surface area contributed by atoms with E-state index in [1.165, 1.54) is 18.2 Å². The van der Waals surface area contributed by atoms with Crippen LogP contribution in [-0.4, -0.2) is 8.42 Å². The molecule has 0 aliphatic rings. The SMILES string of the molecule is Nc1ccccc1S(=O)(=O)Nc1ccc(F)cc1F. The van der Waals surface area contributed by atoms with Gasteiger partial charge in [-0.05, 0) is 24.3 Å². The van der Waals surface area contributed by atoms with Crippen LogP contribution in [0.25, 0.3) is 0 Å². The molecule has 0 amide bonds. The molecule has 19 heavy (non-hydrogen) atoms. The topological polar surface area (TPSA) is 72.2 Å². The van der Waals surface area contributed by atoms with Crippen LogP contribution in [-0.2, 0) is 10.0 Å². The van der Waals surface area contributed by atoms with E-state index in [9.17, 15) is 17.2 Å². The van der Waals surface area contributed by atoms with Crippen molar-refractivity contribution in [3.63, 3.8) is 0 Å². The summed E-state index contributed by atoms with van der Waals surface area (Å²) >= 11 is 0. The molecule has 0 aliphatic heterocycles. The molecule has 3 N–H and O–H groups in total. The van der Waals surface area contributed by atoms with Crippen molar-refractivity contribution in [2.75, 3.05) is 10.5 Å². The Kier molecular flexibility index (Phi) is 3.39. The molecular weight excluding hydrogens is 274 g/mol. The minimum absolute atomic E-state index is 0.0394. The van der Waals surface area contributed by atoms with Gasteiger partial charge in [0.05, 0.1) is 11.4 Å². The maximum atomic E-state index is 13.4.